The second kappa shape index (κ2) is 8.90. The highest BCUT2D eigenvalue weighted by Crippen LogP contribution is 2.25. The highest BCUT2D eigenvalue weighted by molar-refractivity contribution is 6.32. The second-order valence-electron chi connectivity index (χ2n) is 4.25. The van der Waals surface area contributed by atoms with Crippen LogP contribution in [0, 0.1) is 0 Å². The number of ether oxygens (including phenoxy) is 1. The number of para-hydroxylation sites is 1. The summed E-state index contributed by atoms with van der Waals surface area (Å²) in [6.45, 7) is 5.33. The summed E-state index contributed by atoms with van der Waals surface area (Å²) in [6, 6.07) is 10.3. The maximum atomic E-state index is 12.3. The van der Waals surface area contributed by atoms with Crippen LogP contribution in [-0.4, -0.2) is 23.8 Å². The molecule has 0 saturated heterocycles. The lowest BCUT2D eigenvalue weighted by molar-refractivity contribution is 0.0980. The zero-order valence-corrected chi connectivity index (χ0v) is 14.3. The quantitative estimate of drug-likeness (QED) is 0.850. The van der Waals surface area contributed by atoms with Crippen molar-refractivity contribution in [2.24, 2.45) is 0 Å². The molecular weight excluding hydrogens is 316 g/mol. The Kier molecular flexibility index (Phi) is 7.22. The summed E-state index contributed by atoms with van der Waals surface area (Å²) < 4.78 is 4.96. The van der Waals surface area contributed by atoms with Crippen molar-refractivity contribution in [3.63, 3.8) is 0 Å². The maximum Gasteiger partial charge on any atom is 0.258 e. The van der Waals surface area contributed by atoms with Gasteiger partial charge in [-0.15, -0.1) is 0 Å². The molecule has 0 saturated carbocycles. The average Bonchev–Trinajstić information content (AvgIpc) is 2.57. The number of amides is 1. The Balaban J connectivity index is 0.00000127. The van der Waals surface area contributed by atoms with Crippen molar-refractivity contribution in [3.05, 3.63) is 52.7 Å². The van der Waals surface area contributed by atoms with Crippen LogP contribution >= 0.6 is 11.6 Å². The molecule has 0 radical (unpaired) electrons. The summed E-state index contributed by atoms with van der Waals surface area (Å²) >= 11 is 5.97. The number of nitrogens with zero attached hydrogens (tertiary/aromatic N) is 1. The van der Waals surface area contributed by atoms with Gasteiger partial charge in [0.2, 0.25) is 5.88 Å². The molecule has 2 rings (SSSR count). The fourth-order valence-electron chi connectivity index (χ4n) is 1.78. The molecular formula is C17H19ClN2O3. The van der Waals surface area contributed by atoms with Crippen molar-refractivity contribution in [2.75, 3.05) is 12.4 Å². The normalized spacial score (nSPS) is 9.43. The fraction of sp³-hybridized carbons (Fsp3) is 0.235. The maximum absolute atomic E-state index is 12.3. The first-order valence-corrected chi connectivity index (χ1v) is 7.52. The highest BCUT2D eigenvalue weighted by atomic mass is 35.5. The molecule has 1 N–H and O–H groups in total. The number of nitrogens with one attached hydrogen (secondary N) is 1. The van der Waals surface area contributed by atoms with Crippen molar-refractivity contribution in [1.82, 2.24) is 4.98 Å². The zero-order chi connectivity index (χ0) is 17.4. The Labute approximate surface area is 140 Å². The van der Waals surface area contributed by atoms with Crippen LogP contribution in [0.4, 0.5) is 5.69 Å². The van der Waals surface area contributed by atoms with Gasteiger partial charge in [0, 0.05) is 12.6 Å². The van der Waals surface area contributed by atoms with Gasteiger partial charge in [0.15, 0.2) is 5.78 Å². The van der Waals surface area contributed by atoms with Crippen molar-refractivity contribution in [1.29, 1.82) is 0 Å². The second-order valence-corrected chi connectivity index (χ2v) is 4.66. The number of Topliss-reactive ketones (excluding diaryl/α,β-unsaturated/α-hetero) is 1. The van der Waals surface area contributed by atoms with E-state index in [1.54, 1.807) is 24.3 Å². The lowest BCUT2D eigenvalue weighted by Crippen LogP contribution is -2.17. The first-order valence-electron chi connectivity index (χ1n) is 7.14. The molecule has 0 aliphatic rings. The molecule has 1 amide bonds. The fourth-order valence-corrected chi connectivity index (χ4v) is 2.01. The summed E-state index contributed by atoms with van der Waals surface area (Å²) in [4.78, 5) is 27.9. The number of anilines is 1. The largest absolute Gasteiger partial charge is 0.480 e. The molecule has 1 aromatic carbocycles. The molecule has 0 fully saturated rings. The van der Waals surface area contributed by atoms with E-state index >= 15 is 0 Å². The van der Waals surface area contributed by atoms with E-state index < -0.39 is 5.91 Å². The van der Waals surface area contributed by atoms with Gasteiger partial charge in [0.25, 0.3) is 5.91 Å². The van der Waals surface area contributed by atoms with Crippen LogP contribution in [0.1, 0.15) is 41.6 Å². The zero-order valence-electron chi connectivity index (χ0n) is 13.5. The van der Waals surface area contributed by atoms with Crippen LogP contribution in [0.3, 0.4) is 0 Å². The van der Waals surface area contributed by atoms with E-state index in [0.29, 0.717) is 5.69 Å². The third-order valence-electron chi connectivity index (χ3n) is 2.75. The highest BCUT2D eigenvalue weighted by Gasteiger charge is 2.20. The Bertz CT molecular complexity index is 688. The lowest BCUT2D eigenvalue weighted by atomic mass is 10.1. The number of hydrogen-bond acceptors (Lipinski definition) is 4. The smallest absolute Gasteiger partial charge is 0.258 e. The first kappa shape index (κ1) is 18.6. The molecule has 5 nitrogen and oxygen atoms in total. The van der Waals surface area contributed by atoms with E-state index in [-0.39, 0.29) is 27.9 Å². The number of ketones is 1. The van der Waals surface area contributed by atoms with Gasteiger partial charge < -0.3 is 10.1 Å². The number of methoxy groups -OCH3 is 1. The number of benzene rings is 1. The van der Waals surface area contributed by atoms with Crippen LogP contribution in [-0.2, 0) is 0 Å². The van der Waals surface area contributed by atoms with Gasteiger partial charge in [0.05, 0.1) is 12.7 Å². The molecule has 0 atom stereocenters. The van der Waals surface area contributed by atoms with E-state index in [1.807, 2.05) is 19.9 Å². The number of carbonyl (C=O) groups is 2. The number of hydrogen-bond donors (Lipinski definition) is 1. The van der Waals surface area contributed by atoms with Gasteiger partial charge in [-0.25, -0.2) is 4.98 Å². The summed E-state index contributed by atoms with van der Waals surface area (Å²) in [5, 5.41) is 2.85. The summed E-state index contributed by atoms with van der Waals surface area (Å²) in [7, 11) is 1.39. The molecule has 6 heteroatoms. The molecule has 2 aromatic rings. The van der Waals surface area contributed by atoms with Gasteiger partial charge in [-0.3, -0.25) is 9.59 Å². The molecule has 1 heterocycles. The van der Waals surface area contributed by atoms with Gasteiger partial charge >= 0.3 is 0 Å². The topological polar surface area (TPSA) is 68.3 Å². The van der Waals surface area contributed by atoms with Gasteiger partial charge in [-0.2, -0.15) is 0 Å². The van der Waals surface area contributed by atoms with E-state index in [0.717, 1.165) is 0 Å². The molecule has 0 aliphatic heterocycles. The number of halogens is 1. The predicted molar refractivity (Wildman–Crippen MR) is 91.5 cm³/mol. The van der Waals surface area contributed by atoms with Crippen LogP contribution < -0.4 is 10.1 Å². The predicted octanol–water partition coefficient (Wildman–Crippen LogP) is 4.22. The van der Waals surface area contributed by atoms with Crippen LogP contribution in [0.15, 0.2) is 36.4 Å². The molecule has 0 bridgehead atoms. The van der Waals surface area contributed by atoms with Gasteiger partial charge in [-0.1, -0.05) is 43.6 Å². The van der Waals surface area contributed by atoms with Crippen molar-refractivity contribution < 1.29 is 14.3 Å². The van der Waals surface area contributed by atoms with Crippen molar-refractivity contribution in [2.45, 2.75) is 20.8 Å². The minimum atomic E-state index is -0.455. The van der Waals surface area contributed by atoms with E-state index in [9.17, 15) is 9.59 Å². The first-order chi connectivity index (χ1) is 11.0. The molecule has 23 heavy (non-hydrogen) atoms. The number of aromatic nitrogens is 1. The Hall–Kier alpha value is -2.40. The molecule has 0 unspecified atom stereocenters. The number of rotatable bonds is 4. The Morgan fingerprint density at radius 3 is 2.30 bits per heavy atom. The van der Waals surface area contributed by atoms with E-state index in [4.69, 9.17) is 16.3 Å². The van der Waals surface area contributed by atoms with Gasteiger partial charge in [-0.05, 0) is 18.2 Å². The Morgan fingerprint density at radius 1 is 1.17 bits per heavy atom. The third-order valence-corrected chi connectivity index (χ3v) is 3.02. The Morgan fingerprint density at radius 2 is 1.78 bits per heavy atom. The van der Waals surface area contributed by atoms with Crippen molar-refractivity contribution in [3.8, 4) is 5.88 Å². The summed E-state index contributed by atoms with van der Waals surface area (Å²) in [5.41, 5.74) is 0.741. The van der Waals surface area contributed by atoms with Crippen LogP contribution in [0.25, 0.3) is 0 Å². The third kappa shape index (κ3) is 4.79. The molecule has 0 aliphatic carbocycles. The SMILES string of the molecule is CC.COc1nc(C(C)=O)c(C(=O)Nc2ccccc2)cc1Cl. The van der Waals surface area contributed by atoms with Crippen LogP contribution in [0.2, 0.25) is 5.02 Å². The minimum absolute atomic E-state index is 0.0182. The summed E-state index contributed by atoms with van der Waals surface area (Å²) in [5.74, 6) is -0.690. The van der Waals surface area contributed by atoms with Gasteiger partial charge in [0.1, 0.15) is 10.7 Å². The molecule has 1 aromatic heterocycles. The van der Waals surface area contributed by atoms with E-state index in [1.165, 1.54) is 20.1 Å². The molecule has 122 valence electrons. The minimum Gasteiger partial charge on any atom is -0.480 e. The summed E-state index contributed by atoms with van der Waals surface area (Å²) in [6.07, 6.45) is 0. The molecule has 0 spiro atoms. The standard InChI is InChI=1S/C15H13ClN2O3.C2H6/c1-9(19)13-11(8-12(16)15(18-13)21-2)14(20)17-10-6-4-3-5-7-10;1-2/h3-8H,1-2H3,(H,17,20);1-2H3. The lowest BCUT2D eigenvalue weighted by Gasteiger charge is -2.10. The number of carbonyl (C=O) groups excluding carboxylic acids is 2. The average molecular weight is 335 g/mol. The van der Waals surface area contributed by atoms with Crippen LogP contribution in [0.5, 0.6) is 5.88 Å². The van der Waals surface area contributed by atoms with Crippen molar-refractivity contribution >= 4 is 29.0 Å². The monoisotopic (exact) mass is 334 g/mol. The number of pyridine rings is 1. The van der Waals surface area contributed by atoms with E-state index in [2.05, 4.69) is 10.3 Å².